The molecule has 1 aliphatic carbocycles. The third-order valence-electron chi connectivity index (χ3n) is 6.25. The van der Waals surface area contributed by atoms with Crippen LogP contribution >= 0.6 is 0 Å². The van der Waals surface area contributed by atoms with E-state index in [0.29, 0.717) is 12.8 Å². The first kappa shape index (κ1) is 24.0. The van der Waals surface area contributed by atoms with E-state index in [1.807, 2.05) is 43.3 Å². The van der Waals surface area contributed by atoms with E-state index in [0.717, 1.165) is 22.3 Å². The molecule has 2 aromatic carbocycles. The Morgan fingerprint density at radius 3 is 2.26 bits per heavy atom. The maximum Gasteiger partial charge on any atom is 0.408 e. The third kappa shape index (κ3) is 4.75. The lowest BCUT2D eigenvalue weighted by Gasteiger charge is -2.29. The molecule has 1 heterocycles. The van der Waals surface area contributed by atoms with Crippen LogP contribution in [-0.4, -0.2) is 45.0 Å². The minimum Gasteiger partial charge on any atom is -0.476 e. The summed E-state index contributed by atoms with van der Waals surface area (Å²) in [5.74, 6) is -1.92. The highest BCUT2D eigenvalue weighted by molar-refractivity contribution is 6.03. The number of aromatic nitrogens is 2. The van der Waals surface area contributed by atoms with Gasteiger partial charge in [0.2, 0.25) is 5.91 Å². The van der Waals surface area contributed by atoms with E-state index >= 15 is 0 Å². The van der Waals surface area contributed by atoms with E-state index in [4.69, 9.17) is 4.74 Å². The Morgan fingerprint density at radius 2 is 1.69 bits per heavy atom. The summed E-state index contributed by atoms with van der Waals surface area (Å²) in [6.45, 7) is 3.59. The quantitative estimate of drug-likeness (QED) is 0.449. The molecule has 35 heavy (non-hydrogen) atoms. The molecular formula is C26H28N4O5. The van der Waals surface area contributed by atoms with Crippen molar-refractivity contribution in [3.63, 3.8) is 0 Å². The fraction of sp³-hybridized carbons (Fsp3) is 0.308. The van der Waals surface area contributed by atoms with Crippen LogP contribution in [0.25, 0.3) is 11.1 Å². The molecule has 0 bridgehead atoms. The van der Waals surface area contributed by atoms with Crippen molar-refractivity contribution < 1.29 is 24.2 Å². The van der Waals surface area contributed by atoms with Gasteiger partial charge in [-0.15, -0.1) is 0 Å². The molecule has 3 aromatic rings. The van der Waals surface area contributed by atoms with Crippen LogP contribution in [0.15, 0.2) is 54.7 Å². The number of fused-ring (bicyclic) bond motifs is 3. The van der Waals surface area contributed by atoms with E-state index in [1.165, 1.54) is 10.9 Å². The van der Waals surface area contributed by atoms with Crippen LogP contribution in [0.1, 0.15) is 54.2 Å². The maximum atomic E-state index is 13.1. The molecule has 3 N–H and O–H groups in total. The molecule has 0 saturated heterocycles. The van der Waals surface area contributed by atoms with Crippen LogP contribution in [-0.2, 0) is 16.6 Å². The number of nitrogens with one attached hydrogen (secondary N) is 2. The topological polar surface area (TPSA) is 123 Å². The number of carbonyl (C=O) groups is 3. The number of aromatic carboxylic acids is 1. The number of aryl methyl sites for hydroxylation is 1. The molecule has 1 unspecified atom stereocenters. The van der Waals surface area contributed by atoms with Crippen molar-refractivity contribution in [2.75, 3.05) is 11.9 Å². The van der Waals surface area contributed by atoms with Crippen molar-refractivity contribution in [2.24, 2.45) is 7.05 Å². The first-order valence-electron chi connectivity index (χ1n) is 11.4. The van der Waals surface area contributed by atoms with E-state index in [1.54, 1.807) is 14.0 Å². The largest absolute Gasteiger partial charge is 0.476 e. The third-order valence-corrected chi connectivity index (χ3v) is 6.25. The molecule has 1 atom stereocenters. The fourth-order valence-corrected chi connectivity index (χ4v) is 4.59. The van der Waals surface area contributed by atoms with Crippen LogP contribution in [0.5, 0.6) is 0 Å². The van der Waals surface area contributed by atoms with Gasteiger partial charge in [-0.2, -0.15) is 5.10 Å². The van der Waals surface area contributed by atoms with E-state index in [-0.39, 0.29) is 23.9 Å². The SMILES string of the molecule is CCCC(C)(NC(=O)OCC1c2ccccc2-c2ccccc21)C(=O)Nc1cn(C)nc1C(=O)O. The Morgan fingerprint density at radius 1 is 1.09 bits per heavy atom. The second-order valence-electron chi connectivity index (χ2n) is 8.86. The Kier molecular flexibility index (Phi) is 6.59. The van der Waals surface area contributed by atoms with Crippen molar-refractivity contribution in [2.45, 2.75) is 38.1 Å². The van der Waals surface area contributed by atoms with Gasteiger partial charge in [-0.1, -0.05) is 61.9 Å². The lowest BCUT2D eigenvalue weighted by atomic mass is 9.95. The number of ether oxygens (including phenoxy) is 1. The van der Waals surface area contributed by atoms with Crippen LogP contribution in [0.2, 0.25) is 0 Å². The number of carboxylic acid groups (broad SMARTS) is 1. The first-order chi connectivity index (χ1) is 16.7. The minimum absolute atomic E-state index is 0.0571. The number of nitrogens with zero attached hydrogens (tertiary/aromatic N) is 2. The fourth-order valence-electron chi connectivity index (χ4n) is 4.59. The number of alkyl carbamates (subject to hydrolysis) is 1. The minimum atomic E-state index is -1.32. The number of hydrogen-bond acceptors (Lipinski definition) is 5. The summed E-state index contributed by atoms with van der Waals surface area (Å²) in [5, 5.41) is 18.5. The van der Waals surface area contributed by atoms with Gasteiger partial charge in [-0.3, -0.25) is 9.48 Å². The molecule has 2 amide bonds. The zero-order valence-electron chi connectivity index (χ0n) is 19.9. The molecule has 0 radical (unpaired) electrons. The number of carboxylic acids is 1. The Bertz CT molecular complexity index is 1240. The van der Waals surface area contributed by atoms with Gasteiger partial charge in [0.25, 0.3) is 0 Å². The summed E-state index contributed by atoms with van der Waals surface area (Å²) in [6.07, 6.45) is 1.61. The second kappa shape index (κ2) is 9.61. The molecule has 1 aliphatic rings. The lowest BCUT2D eigenvalue weighted by molar-refractivity contribution is -0.122. The number of amides is 2. The maximum absolute atomic E-state index is 13.1. The molecule has 1 aromatic heterocycles. The average molecular weight is 477 g/mol. The normalized spacial score (nSPS) is 13.9. The molecule has 182 valence electrons. The summed E-state index contributed by atoms with van der Waals surface area (Å²) in [6, 6.07) is 16.1. The van der Waals surface area contributed by atoms with Gasteiger partial charge in [0.05, 0.1) is 5.69 Å². The predicted molar refractivity (Wildman–Crippen MR) is 130 cm³/mol. The number of carbonyl (C=O) groups excluding carboxylic acids is 2. The number of benzene rings is 2. The smallest absolute Gasteiger partial charge is 0.408 e. The molecule has 4 rings (SSSR count). The summed E-state index contributed by atoms with van der Waals surface area (Å²) in [4.78, 5) is 37.4. The Balaban J connectivity index is 1.47. The molecular weight excluding hydrogens is 448 g/mol. The summed E-state index contributed by atoms with van der Waals surface area (Å²) >= 11 is 0. The molecule has 0 aliphatic heterocycles. The highest BCUT2D eigenvalue weighted by Crippen LogP contribution is 2.44. The van der Waals surface area contributed by atoms with Crippen molar-refractivity contribution in [1.82, 2.24) is 15.1 Å². The predicted octanol–water partition coefficient (Wildman–Crippen LogP) is 4.15. The van der Waals surface area contributed by atoms with Gasteiger partial charge < -0.3 is 20.5 Å². The van der Waals surface area contributed by atoms with Gasteiger partial charge in [0, 0.05) is 19.2 Å². The molecule has 0 saturated carbocycles. The van der Waals surface area contributed by atoms with Gasteiger partial charge in [-0.25, -0.2) is 9.59 Å². The van der Waals surface area contributed by atoms with Crippen LogP contribution < -0.4 is 10.6 Å². The number of rotatable bonds is 8. The van der Waals surface area contributed by atoms with Crippen molar-refractivity contribution in [3.05, 3.63) is 71.5 Å². The van der Waals surface area contributed by atoms with Gasteiger partial charge >= 0.3 is 12.1 Å². The van der Waals surface area contributed by atoms with Gasteiger partial charge in [-0.05, 0) is 35.6 Å². The highest BCUT2D eigenvalue weighted by Gasteiger charge is 2.36. The Labute approximate surface area is 203 Å². The summed E-state index contributed by atoms with van der Waals surface area (Å²) in [7, 11) is 1.56. The molecule has 9 heteroatoms. The van der Waals surface area contributed by atoms with Crippen LogP contribution in [0.3, 0.4) is 0 Å². The Hall–Kier alpha value is -4.14. The lowest BCUT2D eigenvalue weighted by Crippen LogP contribution is -2.54. The molecule has 0 spiro atoms. The molecule has 0 fully saturated rings. The van der Waals surface area contributed by atoms with Gasteiger partial charge in [0.15, 0.2) is 5.69 Å². The van der Waals surface area contributed by atoms with Crippen molar-refractivity contribution in [1.29, 1.82) is 0 Å². The zero-order chi connectivity index (χ0) is 25.2. The van der Waals surface area contributed by atoms with E-state index in [2.05, 4.69) is 27.9 Å². The summed E-state index contributed by atoms with van der Waals surface area (Å²) in [5.41, 5.74) is 2.89. The van der Waals surface area contributed by atoms with Crippen LogP contribution in [0, 0.1) is 0 Å². The van der Waals surface area contributed by atoms with Crippen molar-refractivity contribution in [3.8, 4) is 11.1 Å². The second-order valence-corrected chi connectivity index (χ2v) is 8.86. The van der Waals surface area contributed by atoms with Crippen molar-refractivity contribution >= 4 is 23.7 Å². The highest BCUT2D eigenvalue weighted by atomic mass is 16.5. The van der Waals surface area contributed by atoms with Gasteiger partial charge in [0.1, 0.15) is 12.1 Å². The number of hydrogen-bond donors (Lipinski definition) is 3. The van der Waals surface area contributed by atoms with E-state index < -0.39 is 23.5 Å². The zero-order valence-corrected chi connectivity index (χ0v) is 19.9. The van der Waals surface area contributed by atoms with Crippen LogP contribution in [0.4, 0.5) is 10.5 Å². The molecule has 9 nitrogen and oxygen atoms in total. The first-order valence-corrected chi connectivity index (χ1v) is 11.4. The monoisotopic (exact) mass is 476 g/mol. The standard InChI is InChI=1S/C26H28N4O5/c1-4-13-26(2,24(33)27-21-14-30(3)29-22(21)23(31)32)28-25(34)35-15-20-18-11-7-5-9-16(18)17-10-6-8-12-19(17)20/h5-12,14,20H,4,13,15H2,1-3H3,(H,27,33)(H,28,34)(H,31,32). The number of anilines is 1. The average Bonchev–Trinajstić information content (AvgIpc) is 3.35. The van der Waals surface area contributed by atoms with E-state index in [9.17, 15) is 19.5 Å². The summed E-state index contributed by atoms with van der Waals surface area (Å²) < 4.78 is 6.91.